The first-order valence-electron chi connectivity index (χ1n) is 15.4. The van der Waals surface area contributed by atoms with E-state index in [0.717, 1.165) is 30.6 Å². The second-order valence-electron chi connectivity index (χ2n) is 10.7. The summed E-state index contributed by atoms with van der Waals surface area (Å²) in [6, 6.07) is 7.81. The summed E-state index contributed by atoms with van der Waals surface area (Å²) in [5.74, 6) is -1.27. The molecule has 1 aromatic carbocycles. The van der Waals surface area contributed by atoms with Crippen molar-refractivity contribution in [3.05, 3.63) is 24.3 Å². The van der Waals surface area contributed by atoms with Crippen LogP contribution in [0.2, 0.25) is 0 Å². The van der Waals surface area contributed by atoms with Gasteiger partial charge >= 0.3 is 11.9 Å². The number of benzene rings is 1. The third kappa shape index (κ3) is 17.1. The van der Waals surface area contributed by atoms with Crippen molar-refractivity contribution in [2.75, 3.05) is 117 Å². The van der Waals surface area contributed by atoms with Crippen LogP contribution < -0.4 is 15.4 Å². The van der Waals surface area contributed by atoms with Crippen LogP contribution in [0.3, 0.4) is 0 Å². The molecule has 1 aromatic rings. The molecule has 1 saturated heterocycles. The van der Waals surface area contributed by atoms with Crippen LogP contribution in [0.5, 0.6) is 5.75 Å². The molecule has 0 spiro atoms. The molecule has 44 heavy (non-hydrogen) atoms. The van der Waals surface area contributed by atoms with Gasteiger partial charge in [-0.3, -0.25) is 34.0 Å². The molecule has 0 bridgehead atoms. The fourth-order valence-corrected chi connectivity index (χ4v) is 4.64. The van der Waals surface area contributed by atoms with Crippen molar-refractivity contribution < 1.29 is 38.9 Å². The van der Waals surface area contributed by atoms with E-state index in [1.54, 1.807) is 9.80 Å². The second kappa shape index (κ2) is 22.2. The minimum Gasteiger partial charge on any atom is -0.494 e. The molecule has 14 heteroatoms. The number of unbranched alkanes of at least 4 members (excludes halogenated alkanes) is 1. The van der Waals surface area contributed by atoms with Gasteiger partial charge < -0.3 is 35.1 Å². The Kier molecular flexibility index (Phi) is 18.7. The number of carboxylic acid groups (broad SMARTS) is 2. The fourth-order valence-electron chi connectivity index (χ4n) is 4.64. The number of carbonyl (C=O) groups excluding carboxylic acids is 2. The molecular weight excluding hydrogens is 572 g/mol. The van der Waals surface area contributed by atoms with Gasteiger partial charge in [0.05, 0.1) is 46.0 Å². The molecule has 0 unspecified atom stereocenters. The molecule has 0 radical (unpaired) electrons. The number of rotatable bonds is 19. The van der Waals surface area contributed by atoms with E-state index in [9.17, 15) is 29.4 Å². The Balaban J connectivity index is 1.78. The van der Waals surface area contributed by atoms with E-state index >= 15 is 0 Å². The summed E-state index contributed by atoms with van der Waals surface area (Å²) in [5, 5.41) is 24.8. The van der Waals surface area contributed by atoms with Crippen LogP contribution in [0.25, 0.3) is 0 Å². The van der Waals surface area contributed by atoms with Gasteiger partial charge in [-0.05, 0) is 18.6 Å². The molecule has 248 valence electrons. The number of carboxylic acids is 2. The van der Waals surface area contributed by atoms with Gasteiger partial charge in [-0.1, -0.05) is 19.4 Å². The Bertz CT molecular complexity index is 1000. The largest absolute Gasteiger partial charge is 0.494 e. The zero-order valence-corrected chi connectivity index (χ0v) is 26.0. The Morgan fingerprint density at radius 3 is 1.95 bits per heavy atom. The third-order valence-electron chi connectivity index (χ3n) is 7.09. The molecule has 0 aromatic heterocycles. The molecule has 0 saturated carbocycles. The quantitative estimate of drug-likeness (QED) is 0.121. The topological polar surface area (TPSA) is 164 Å². The third-order valence-corrected chi connectivity index (χ3v) is 7.09. The van der Waals surface area contributed by atoms with Crippen LogP contribution in [0.1, 0.15) is 19.8 Å². The van der Waals surface area contributed by atoms with Crippen LogP contribution in [0.4, 0.5) is 5.69 Å². The average Bonchev–Trinajstić information content (AvgIpc) is 2.98. The zero-order chi connectivity index (χ0) is 32.0. The van der Waals surface area contributed by atoms with Crippen molar-refractivity contribution in [1.82, 2.24) is 24.9 Å². The summed E-state index contributed by atoms with van der Waals surface area (Å²) in [6.45, 7) is 8.12. The van der Waals surface area contributed by atoms with Crippen molar-refractivity contribution >= 4 is 29.8 Å². The van der Waals surface area contributed by atoms with E-state index in [-0.39, 0.29) is 32.1 Å². The lowest BCUT2D eigenvalue weighted by atomic mass is 10.3. The van der Waals surface area contributed by atoms with E-state index in [0.29, 0.717) is 85.3 Å². The SMILES string of the molecule is CCCCOc1cccc(NCCOCCNC(=O)CN2CCN(CC=O)CCN(CC(=O)O)CCN(CC(=O)O)CC2)c1. The Labute approximate surface area is 260 Å². The molecule has 1 heterocycles. The summed E-state index contributed by atoms with van der Waals surface area (Å²) in [5.41, 5.74) is 0.952. The number of aliphatic carboxylic acids is 2. The van der Waals surface area contributed by atoms with Gasteiger partial charge in [0.1, 0.15) is 12.0 Å². The van der Waals surface area contributed by atoms with E-state index in [4.69, 9.17) is 9.47 Å². The number of hydrogen-bond acceptors (Lipinski definition) is 11. The molecule has 1 aliphatic rings. The molecule has 2 rings (SSSR count). The van der Waals surface area contributed by atoms with Crippen molar-refractivity contribution in [2.24, 2.45) is 0 Å². The summed E-state index contributed by atoms with van der Waals surface area (Å²) < 4.78 is 11.4. The number of amides is 1. The van der Waals surface area contributed by atoms with Crippen LogP contribution in [-0.2, 0) is 23.9 Å². The molecular formula is C30H50N6O8. The van der Waals surface area contributed by atoms with Crippen LogP contribution in [0, 0.1) is 0 Å². The highest BCUT2D eigenvalue weighted by atomic mass is 16.5. The van der Waals surface area contributed by atoms with Crippen molar-refractivity contribution in [3.8, 4) is 5.75 Å². The van der Waals surface area contributed by atoms with Gasteiger partial charge in [0, 0.05) is 77.2 Å². The Hall–Kier alpha value is -3.30. The normalized spacial score (nSPS) is 16.4. The first kappa shape index (κ1) is 36.9. The minimum absolute atomic E-state index is 0.124. The monoisotopic (exact) mass is 622 g/mol. The van der Waals surface area contributed by atoms with Crippen molar-refractivity contribution in [3.63, 3.8) is 0 Å². The Morgan fingerprint density at radius 2 is 1.39 bits per heavy atom. The molecule has 0 atom stereocenters. The zero-order valence-electron chi connectivity index (χ0n) is 26.0. The first-order valence-corrected chi connectivity index (χ1v) is 15.4. The number of nitrogens with zero attached hydrogens (tertiary/aromatic N) is 4. The summed E-state index contributed by atoms with van der Waals surface area (Å²) in [6.07, 6.45) is 2.91. The minimum atomic E-state index is -0.969. The lowest BCUT2D eigenvalue weighted by molar-refractivity contribution is -0.140. The van der Waals surface area contributed by atoms with E-state index in [1.807, 2.05) is 34.1 Å². The standard InChI is InChI=1S/C30H50N6O8/c1-2-3-19-44-27-6-4-5-26(22-27)31-7-20-43-21-8-32-28(38)23-34-11-9-33(17-18-37)10-12-35(24-29(39)40)15-16-36(14-13-34)25-30(41)42/h4-6,18,22,31H,2-3,7-17,19-21,23-25H2,1H3,(H,32,38)(H,39,40)(H,41,42). The van der Waals surface area contributed by atoms with Gasteiger partial charge in [-0.25, -0.2) is 0 Å². The molecule has 14 nitrogen and oxygen atoms in total. The van der Waals surface area contributed by atoms with Crippen LogP contribution in [-0.4, -0.2) is 165 Å². The van der Waals surface area contributed by atoms with Gasteiger partial charge in [0.2, 0.25) is 5.91 Å². The summed E-state index contributed by atoms with van der Waals surface area (Å²) in [7, 11) is 0. The highest BCUT2D eigenvalue weighted by molar-refractivity contribution is 5.78. The maximum Gasteiger partial charge on any atom is 0.317 e. The Morgan fingerprint density at radius 1 is 0.818 bits per heavy atom. The maximum absolute atomic E-state index is 12.7. The number of ether oxygens (including phenoxy) is 2. The van der Waals surface area contributed by atoms with Crippen LogP contribution >= 0.6 is 0 Å². The number of anilines is 1. The average molecular weight is 623 g/mol. The molecule has 4 N–H and O–H groups in total. The smallest absolute Gasteiger partial charge is 0.317 e. The van der Waals surface area contributed by atoms with E-state index in [1.165, 1.54) is 0 Å². The highest BCUT2D eigenvalue weighted by Gasteiger charge is 2.20. The number of carbonyl (C=O) groups is 4. The second-order valence-corrected chi connectivity index (χ2v) is 10.7. The maximum atomic E-state index is 12.7. The fraction of sp³-hybridized carbons (Fsp3) is 0.667. The molecule has 1 aliphatic heterocycles. The van der Waals surface area contributed by atoms with E-state index in [2.05, 4.69) is 17.6 Å². The van der Waals surface area contributed by atoms with Gasteiger partial charge in [0.15, 0.2) is 0 Å². The summed E-state index contributed by atoms with van der Waals surface area (Å²) in [4.78, 5) is 54.1. The number of aldehydes is 1. The van der Waals surface area contributed by atoms with Crippen molar-refractivity contribution in [1.29, 1.82) is 0 Å². The lowest BCUT2D eigenvalue weighted by Gasteiger charge is -2.32. The molecule has 1 fully saturated rings. The predicted octanol–water partition coefficient (Wildman–Crippen LogP) is -0.0001000. The predicted molar refractivity (Wildman–Crippen MR) is 166 cm³/mol. The van der Waals surface area contributed by atoms with E-state index < -0.39 is 11.9 Å². The first-order chi connectivity index (χ1) is 21.3. The molecule has 0 aliphatic carbocycles. The van der Waals surface area contributed by atoms with Gasteiger partial charge in [0.25, 0.3) is 0 Å². The highest BCUT2D eigenvalue weighted by Crippen LogP contribution is 2.17. The lowest BCUT2D eigenvalue weighted by Crippen LogP contribution is -2.49. The van der Waals surface area contributed by atoms with Crippen LogP contribution in [0.15, 0.2) is 24.3 Å². The number of hydrogen-bond donors (Lipinski definition) is 4. The van der Waals surface area contributed by atoms with Gasteiger partial charge in [-0.2, -0.15) is 0 Å². The molecule has 1 amide bonds. The van der Waals surface area contributed by atoms with Crippen molar-refractivity contribution in [2.45, 2.75) is 19.8 Å². The number of nitrogens with one attached hydrogen (secondary N) is 2. The van der Waals surface area contributed by atoms with Gasteiger partial charge in [-0.15, -0.1) is 0 Å². The summed E-state index contributed by atoms with van der Waals surface area (Å²) >= 11 is 0.